The maximum Gasteiger partial charge on any atom is 0.331 e. The molecule has 0 saturated carbocycles. The molecular weight excluding hydrogens is 204 g/mol. The maximum absolute atomic E-state index is 11.5. The van der Waals surface area contributed by atoms with E-state index in [0.717, 1.165) is 6.08 Å². The Morgan fingerprint density at radius 1 is 1.12 bits per heavy atom. The van der Waals surface area contributed by atoms with Crippen molar-refractivity contribution in [3.63, 3.8) is 0 Å². The number of hydrogen-bond donors (Lipinski definition) is 0. The van der Waals surface area contributed by atoms with Crippen LogP contribution in [0, 0.1) is 0 Å². The lowest BCUT2D eigenvalue weighted by Gasteiger charge is -2.03. The van der Waals surface area contributed by atoms with E-state index in [9.17, 15) is 9.59 Å². The predicted octanol–water partition coefficient (Wildman–Crippen LogP) is 2.38. The zero-order valence-electron chi connectivity index (χ0n) is 9.34. The minimum absolute atomic E-state index is 0.177. The number of hydrogen-bond acceptors (Lipinski definition) is 3. The smallest absolute Gasteiger partial charge is 0.331 e. The summed E-state index contributed by atoms with van der Waals surface area (Å²) in [6.45, 7) is 3.51. The lowest BCUT2D eigenvalue weighted by molar-refractivity contribution is -0.141. The minimum Gasteiger partial charge on any atom is -0.460 e. The van der Waals surface area contributed by atoms with Gasteiger partial charge in [0.05, 0.1) is 6.10 Å². The third-order valence-corrected chi connectivity index (χ3v) is 1.78. The number of allylic oxidation sites excluding steroid dienone is 1. The lowest BCUT2D eigenvalue weighted by atomic mass is 10.1. The summed E-state index contributed by atoms with van der Waals surface area (Å²) in [4.78, 5) is 22.7. The molecule has 0 amide bonds. The fraction of sp³-hybridized carbons (Fsp3) is 0.231. The second-order valence-corrected chi connectivity index (χ2v) is 3.55. The van der Waals surface area contributed by atoms with Gasteiger partial charge in [-0.15, -0.1) is 0 Å². The Balaban J connectivity index is 2.58. The fourth-order valence-corrected chi connectivity index (χ4v) is 1.11. The quantitative estimate of drug-likeness (QED) is 0.442. The average Bonchev–Trinajstić information content (AvgIpc) is 2.26. The van der Waals surface area contributed by atoms with E-state index in [0.29, 0.717) is 5.56 Å². The summed E-state index contributed by atoms with van der Waals surface area (Å²) < 4.78 is 4.86. The molecule has 0 fully saturated rings. The summed E-state index contributed by atoms with van der Waals surface area (Å²) in [5.74, 6) is -0.708. The van der Waals surface area contributed by atoms with Crippen molar-refractivity contribution >= 4 is 11.8 Å². The summed E-state index contributed by atoms with van der Waals surface area (Å²) in [7, 11) is 0. The maximum atomic E-state index is 11.5. The van der Waals surface area contributed by atoms with E-state index in [1.807, 2.05) is 6.07 Å². The molecule has 0 aliphatic heterocycles. The molecule has 84 valence electrons. The number of benzene rings is 1. The minimum atomic E-state index is -0.501. The van der Waals surface area contributed by atoms with Crippen molar-refractivity contribution in [3.05, 3.63) is 48.0 Å². The van der Waals surface area contributed by atoms with Crippen molar-refractivity contribution < 1.29 is 14.3 Å². The van der Waals surface area contributed by atoms with Gasteiger partial charge in [0.25, 0.3) is 0 Å². The molecule has 0 heterocycles. The van der Waals surface area contributed by atoms with E-state index in [4.69, 9.17) is 4.74 Å². The van der Waals surface area contributed by atoms with E-state index in [1.54, 1.807) is 38.1 Å². The third kappa shape index (κ3) is 4.09. The first kappa shape index (κ1) is 12.2. The SMILES string of the molecule is CC(C)OC(=O)/C=C/C(=O)c1ccccc1. The molecule has 0 spiro atoms. The molecule has 1 aromatic rings. The highest BCUT2D eigenvalue weighted by Gasteiger charge is 2.03. The van der Waals surface area contributed by atoms with E-state index in [2.05, 4.69) is 0 Å². The molecule has 0 aliphatic carbocycles. The molecule has 0 aromatic heterocycles. The average molecular weight is 218 g/mol. The monoisotopic (exact) mass is 218 g/mol. The van der Waals surface area contributed by atoms with Crippen molar-refractivity contribution in [2.24, 2.45) is 0 Å². The van der Waals surface area contributed by atoms with Crippen molar-refractivity contribution in [2.75, 3.05) is 0 Å². The van der Waals surface area contributed by atoms with Gasteiger partial charge in [-0.2, -0.15) is 0 Å². The van der Waals surface area contributed by atoms with Crippen molar-refractivity contribution in [1.82, 2.24) is 0 Å². The first-order chi connectivity index (χ1) is 7.59. The van der Waals surface area contributed by atoms with Crippen LogP contribution in [0.25, 0.3) is 0 Å². The molecule has 0 bridgehead atoms. The Bertz CT molecular complexity index is 391. The number of esters is 1. The van der Waals surface area contributed by atoms with Crippen molar-refractivity contribution in [2.45, 2.75) is 20.0 Å². The van der Waals surface area contributed by atoms with E-state index in [1.165, 1.54) is 6.08 Å². The van der Waals surface area contributed by atoms with Gasteiger partial charge in [-0.05, 0) is 19.9 Å². The van der Waals surface area contributed by atoms with Crippen LogP contribution in [0.15, 0.2) is 42.5 Å². The van der Waals surface area contributed by atoms with Gasteiger partial charge in [0.2, 0.25) is 0 Å². The first-order valence-electron chi connectivity index (χ1n) is 5.07. The van der Waals surface area contributed by atoms with Crippen LogP contribution >= 0.6 is 0 Å². The van der Waals surface area contributed by atoms with Gasteiger partial charge in [0, 0.05) is 11.6 Å². The molecule has 0 saturated heterocycles. The molecule has 3 heteroatoms. The van der Waals surface area contributed by atoms with Crippen LogP contribution in [0.4, 0.5) is 0 Å². The van der Waals surface area contributed by atoms with Crippen LogP contribution in [-0.4, -0.2) is 17.9 Å². The standard InChI is InChI=1S/C13H14O3/c1-10(2)16-13(15)9-8-12(14)11-6-4-3-5-7-11/h3-10H,1-2H3/b9-8+. The molecule has 3 nitrogen and oxygen atoms in total. The molecule has 16 heavy (non-hydrogen) atoms. The predicted molar refractivity (Wildman–Crippen MR) is 61.1 cm³/mol. The molecule has 0 N–H and O–H groups in total. The van der Waals surface area contributed by atoms with Crippen LogP contribution in [0.1, 0.15) is 24.2 Å². The third-order valence-electron chi connectivity index (χ3n) is 1.78. The van der Waals surface area contributed by atoms with Crippen LogP contribution < -0.4 is 0 Å². The van der Waals surface area contributed by atoms with Gasteiger partial charge in [-0.1, -0.05) is 30.3 Å². The Hall–Kier alpha value is -1.90. The van der Waals surface area contributed by atoms with E-state index >= 15 is 0 Å². The van der Waals surface area contributed by atoms with Gasteiger partial charge in [0.15, 0.2) is 5.78 Å². The van der Waals surface area contributed by atoms with Gasteiger partial charge >= 0.3 is 5.97 Å². The Morgan fingerprint density at radius 2 is 1.75 bits per heavy atom. The topological polar surface area (TPSA) is 43.4 Å². The lowest BCUT2D eigenvalue weighted by Crippen LogP contribution is -2.09. The normalized spacial score (nSPS) is 10.7. The van der Waals surface area contributed by atoms with E-state index < -0.39 is 5.97 Å². The second-order valence-electron chi connectivity index (χ2n) is 3.55. The highest BCUT2D eigenvalue weighted by Crippen LogP contribution is 2.01. The van der Waals surface area contributed by atoms with Gasteiger partial charge in [0.1, 0.15) is 0 Å². The van der Waals surface area contributed by atoms with Gasteiger partial charge < -0.3 is 4.74 Å². The van der Waals surface area contributed by atoms with Crippen LogP contribution in [0.2, 0.25) is 0 Å². The molecule has 1 rings (SSSR count). The molecule has 0 radical (unpaired) electrons. The highest BCUT2D eigenvalue weighted by atomic mass is 16.5. The Labute approximate surface area is 94.7 Å². The Morgan fingerprint density at radius 3 is 2.31 bits per heavy atom. The van der Waals surface area contributed by atoms with E-state index in [-0.39, 0.29) is 11.9 Å². The zero-order chi connectivity index (χ0) is 12.0. The summed E-state index contributed by atoms with van der Waals surface area (Å²) in [6.07, 6.45) is 2.19. The summed E-state index contributed by atoms with van der Waals surface area (Å²) in [5.41, 5.74) is 0.552. The number of carbonyl (C=O) groups is 2. The fourth-order valence-electron chi connectivity index (χ4n) is 1.11. The molecule has 0 unspecified atom stereocenters. The number of rotatable bonds is 4. The molecule has 0 aliphatic rings. The molecule has 0 atom stereocenters. The van der Waals surface area contributed by atoms with Crippen LogP contribution in [0.5, 0.6) is 0 Å². The molecule has 1 aromatic carbocycles. The highest BCUT2D eigenvalue weighted by molar-refractivity contribution is 6.06. The Kier molecular flexibility index (Phi) is 4.45. The number of ether oxygens (including phenoxy) is 1. The second kappa shape index (κ2) is 5.85. The zero-order valence-corrected chi connectivity index (χ0v) is 9.34. The number of carbonyl (C=O) groups excluding carboxylic acids is 2. The van der Waals surface area contributed by atoms with Gasteiger partial charge in [-0.25, -0.2) is 4.79 Å². The summed E-state index contributed by atoms with van der Waals surface area (Å²) in [6, 6.07) is 8.76. The summed E-state index contributed by atoms with van der Waals surface area (Å²) >= 11 is 0. The van der Waals surface area contributed by atoms with Crippen molar-refractivity contribution in [3.8, 4) is 0 Å². The first-order valence-corrected chi connectivity index (χ1v) is 5.07. The summed E-state index contributed by atoms with van der Waals surface area (Å²) in [5, 5.41) is 0. The van der Waals surface area contributed by atoms with Crippen molar-refractivity contribution in [1.29, 1.82) is 0 Å². The van der Waals surface area contributed by atoms with Crippen LogP contribution in [-0.2, 0) is 9.53 Å². The van der Waals surface area contributed by atoms with Gasteiger partial charge in [-0.3, -0.25) is 4.79 Å². The molecular formula is C13H14O3. The number of ketones is 1. The van der Waals surface area contributed by atoms with Crippen LogP contribution in [0.3, 0.4) is 0 Å². The largest absolute Gasteiger partial charge is 0.460 e.